The fourth-order valence-electron chi connectivity index (χ4n) is 3.93. The summed E-state index contributed by atoms with van der Waals surface area (Å²) in [7, 11) is 0. The first-order valence-electron chi connectivity index (χ1n) is 11.1. The highest BCUT2D eigenvalue weighted by Crippen LogP contribution is 2.44. The number of thioether (sulfide) groups is 1. The summed E-state index contributed by atoms with van der Waals surface area (Å²) in [6.07, 6.45) is 0. The van der Waals surface area contributed by atoms with Gasteiger partial charge in [-0.3, -0.25) is 14.5 Å². The average molecular weight is 579 g/mol. The molecule has 0 radical (unpaired) electrons. The van der Waals surface area contributed by atoms with Crippen molar-refractivity contribution in [1.82, 2.24) is 10.2 Å². The Bertz CT molecular complexity index is 1450. The molecule has 9 heteroatoms. The zero-order valence-electron chi connectivity index (χ0n) is 19.1. The van der Waals surface area contributed by atoms with Gasteiger partial charge in [0.1, 0.15) is 5.76 Å². The smallest absolute Gasteiger partial charge is 0.301 e. The highest BCUT2D eigenvalue weighted by atomic mass is 79.9. The normalized spacial score (nSPS) is 17.1. The van der Waals surface area contributed by atoms with Crippen molar-refractivity contribution in [2.24, 2.45) is 0 Å². The van der Waals surface area contributed by atoms with Gasteiger partial charge < -0.3 is 5.11 Å². The van der Waals surface area contributed by atoms with Gasteiger partial charge in [0.25, 0.3) is 5.78 Å². The molecule has 4 aromatic rings. The van der Waals surface area contributed by atoms with Gasteiger partial charge >= 0.3 is 5.91 Å². The number of carbonyl (C=O) groups excluding carboxylic acids is 2. The number of anilines is 1. The number of aromatic nitrogens is 2. The van der Waals surface area contributed by atoms with Crippen LogP contribution in [0.25, 0.3) is 5.76 Å². The first-order valence-corrected chi connectivity index (χ1v) is 13.7. The van der Waals surface area contributed by atoms with Gasteiger partial charge in [0.2, 0.25) is 5.13 Å². The summed E-state index contributed by atoms with van der Waals surface area (Å²) < 4.78 is 1.54. The van der Waals surface area contributed by atoms with Crippen molar-refractivity contribution < 1.29 is 14.7 Å². The predicted octanol–water partition coefficient (Wildman–Crippen LogP) is 6.53. The molecule has 0 bridgehead atoms. The SMILES string of the molecule is Cc1ccc(/C(O)=C2/C(=O)C(=O)N(c3nnc(SCc4ccccc4)s3)C2c2ccc(Br)cc2)cc1. The maximum Gasteiger partial charge on any atom is 0.301 e. The lowest BCUT2D eigenvalue weighted by Gasteiger charge is -2.22. The average Bonchev–Trinajstić information content (AvgIpc) is 3.46. The molecule has 0 spiro atoms. The number of hydrogen-bond donors (Lipinski definition) is 1. The van der Waals surface area contributed by atoms with Gasteiger partial charge in [-0.05, 0) is 30.2 Å². The van der Waals surface area contributed by atoms with Crippen molar-refractivity contribution in [2.75, 3.05) is 4.90 Å². The van der Waals surface area contributed by atoms with E-state index in [2.05, 4.69) is 26.1 Å². The largest absolute Gasteiger partial charge is 0.507 e. The van der Waals surface area contributed by atoms with E-state index in [0.717, 1.165) is 15.6 Å². The Morgan fingerprint density at radius 3 is 2.39 bits per heavy atom. The zero-order chi connectivity index (χ0) is 25.2. The molecular formula is C27H20BrN3O3S2. The Morgan fingerprint density at radius 2 is 1.69 bits per heavy atom. The lowest BCUT2D eigenvalue weighted by molar-refractivity contribution is -0.132. The molecule has 1 saturated heterocycles. The Hall–Kier alpha value is -3.27. The first kappa shape index (κ1) is 24.4. The molecule has 1 atom stereocenters. The summed E-state index contributed by atoms with van der Waals surface area (Å²) in [5.74, 6) is -1.01. The predicted molar refractivity (Wildman–Crippen MR) is 146 cm³/mol. The molecule has 180 valence electrons. The number of ketones is 1. The molecule has 0 aliphatic carbocycles. The Balaban J connectivity index is 1.55. The molecule has 0 saturated carbocycles. The quantitative estimate of drug-likeness (QED) is 0.0922. The number of benzene rings is 3. The molecule has 3 aromatic carbocycles. The van der Waals surface area contributed by atoms with E-state index >= 15 is 0 Å². The van der Waals surface area contributed by atoms with Crippen molar-refractivity contribution >= 4 is 61.6 Å². The minimum Gasteiger partial charge on any atom is -0.507 e. The van der Waals surface area contributed by atoms with Crippen LogP contribution in [0.15, 0.2) is 93.2 Å². The van der Waals surface area contributed by atoms with Gasteiger partial charge in [0, 0.05) is 15.8 Å². The van der Waals surface area contributed by atoms with Crippen LogP contribution in [0.1, 0.15) is 28.3 Å². The molecule has 1 aromatic heterocycles. The van der Waals surface area contributed by atoms with Gasteiger partial charge in [-0.2, -0.15) is 0 Å². The number of amides is 1. The van der Waals surface area contributed by atoms with E-state index in [1.54, 1.807) is 12.1 Å². The molecule has 1 aliphatic rings. The van der Waals surface area contributed by atoms with Crippen LogP contribution in [0, 0.1) is 6.92 Å². The van der Waals surface area contributed by atoms with Gasteiger partial charge in [0.15, 0.2) is 4.34 Å². The van der Waals surface area contributed by atoms with Crippen LogP contribution in [0.2, 0.25) is 0 Å². The molecule has 5 rings (SSSR count). The molecule has 1 unspecified atom stereocenters. The van der Waals surface area contributed by atoms with Gasteiger partial charge in [-0.1, -0.05) is 111 Å². The standard InChI is InChI=1S/C27H20BrN3O3S2/c1-16-7-9-19(10-8-16)23(32)21-22(18-11-13-20(28)14-12-18)31(25(34)24(21)33)26-29-30-27(36-26)35-15-17-5-3-2-4-6-17/h2-14,22,32H,15H2,1H3/b23-21-. The Kier molecular flexibility index (Phi) is 7.04. The van der Waals surface area contributed by atoms with Crippen molar-refractivity contribution in [3.63, 3.8) is 0 Å². The lowest BCUT2D eigenvalue weighted by Crippen LogP contribution is -2.29. The lowest BCUT2D eigenvalue weighted by atomic mass is 9.95. The number of nitrogens with zero attached hydrogens (tertiary/aromatic N) is 3. The highest BCUT2D eigenvalue weighted by Gasteiger charge is 2.48. The minimum atomic E-state index is -0.834. The molecular weight excluding hydrogens is 558 g/mol. The fourth-order valence-corrected chi connectivity index (χ4v) is 6.02. The summed E-state index contributed by atoms with van der Waals surface area (Å²) in [6.45, 7) is 1.94. The number of Topliss-reactive ketones (excluding diaryl/α,β-unsaturated/α-hetero) is 1. The van der Waals surface area contributed by atoms with Gasteiger partial charge in [-0.25, -0.2) is 0 Å². The number of halogens is 1. The molecule has 1 fully saturated rings. The van der Waals surface area contributed by atoms with Crippen molar-refractivity contribution in [3.8, 4) is 0 Å². The van der Waals surface area contributed by atoms with Crippen LogP contribution in [-0.2, 0) is 15.3 Å². The molecule has 6 nitrogen and oxygen atoms in total. The highest BCUT2D eigenvalue weighted by molar-refractivity contribution is 9.10. The van der Waals surface area contributed by atoms with Crippen LogP contribution in [0.3, 0.4) is 0 Å². The van der Waals surface area contributed by atoms with Crippen LogP contribution in [0.4, 0.5) is 5.13 Å². The second-order valence-corrected chi connectivity index (χ2v) is 11.3. The van der Waals surface area contributed by atoms with Gasteiger partial charge in [0.05, 0.1) is 11.6 Å². The van der Waals surface area contributed by atoms with E-state index in [0.29, 0.717) is 26.4 Å². The molecule has 1 amide bonds. The van der Waals surface area contributed by atoms with Crippen molar-refractivity contribution in [2.45, 2.75) is 23.1 Å². The monoisotopic (exact) mass is 577 g/mol. The number of aliphatic hydroxyl groups excluding tert-OH is 1. The van der Waals surface area contributed by atoms with Crippen molar-refractivity contribution in [1.29, 1.82) is 0 Å². The van der Waals surface area contributed by atoms with E-state index in [9.17, 15) is 14.7 Å². The third kappa shape index (κ3) is 4.86. The summed E-state index contributed by atoms with van der Waals surface area (Å²) >= 11 is 6.20. The zero-order valence-corrected chi connectivity index (χ0v) is 22.3. The molecule has 2 heterocycles. The van der Waals surface area contributed by atoms with Gasteiger partial charge in [-0.15, -0.1) is 10.2 Å². The van der Waals surface area contributed by atoms with Crippen LogP contribution >= 0.6 is 39.0 Å². The van der Waals surface area contributed by atoms with E-state index in [4.69, 9.17) is 0 Å². The Labute approximate surface area is 224 Å². The van der Waals surface area contributed by atoms with Crippen molar-refractivity contribution in [3.05, 3.63) is 111 Å². The third-order valence-corrected chi connectivity index (χ3v) is 8.42. The van der Waals surface area contributed by atoms with E-state index in [1.807, 2.05) is 73.7 Å². The molecule has 1 aliphatic heterocycles. The number of hydrogen-bond acceptors (Lipinski definition) is 7. The molecule has 36 heavy (non-hydrogen) atoms. The minimum absolute atomic E-state index is 0.0277. The van der Waals surface area contributed by atoms with E-state index < -0.39 is 17.7 Å². The Morgan fingerprint density at radius 1 is 1.00 bits per heavy atom. The second-order valence-electron chi connectivity index (χ2n) is 8.21. The number of carbonyl (C=O) groups is 2. The number of rotatable bonds is 6. The maximum atomic E-state index is 13.3. The van der Waals surface area contributed by atoms with E-state index in [1.165, 1.54) is 28.0 Å². The third-order valence-electron chi connectivity index (χ3n) is 5.76. The summed E-state index contributed by atoms with van der Waals surface area (Å²) in [5.41, 5.74) is 3.34. The first-order chi connectivity index (χ1) is 17.4. The fraction of sp³-hybridized carbons (Fsp3) is 0.111. The molecule has 1 N–H and O–H groups in total. The van der Waals surface area contributed by atoms with Crippen LogP contribution < -0.4 is 4.90 Å². The van der Waals surface area contributed by atoms with Crippen LogP contribution in [0.5, 0.6) is 0 Å². The summed E-state index contributed by atoms with van der Waals surface area (Å²) in [4.78, 5) is 27.9. The topological polar surface area (TPSA) is 83.4 Å². The second kappa shape index (κ2) is 10.4. The number of aliphatic hydroxyl groups is 1. The number of aryl methyl sites for hydroxylation is 1. The van der Waals surface area contributed by atoms with E-state index in [-0.39, 0.29) is 11.3 Å². The summed E-state index contributed by atoms with van der Waals surface area (Å²) in [5, 5.41) is 20.0. The maximum absolute atomic E-state index is 13.3. The van der Waals surface area contributed by atoms with Crippen LogP contribution in [-0.4, -0.2) is 27.0 Å². The summed E-state index contributed by atoms with van der Waals surface area (Å²) in [6, 6.07) is 23.6.